The van der Waals surface area contributed by atoms with Gasteiger partial charge in [-0.25, -0.2) is 4.98 Å². The maximum Gasteiger partial charge on any atom is 0.272 e. The molecule has 1 aliphatic rings. The molecule has 2 amide bonds. The van der Waals surface area contributed by atoms with Crippen LogP contribution < -0.4 is 5.32 Å². The van der Waals surface area contributed by atoms with Crippen LogP contribution in [0.2, 0.25) is 0 Å². The van der Waals surface area contributed by atoms with Crippen molar-refractivity contribution >= 4 is 28.6 Å². The molecule has 1 N–H and O–H groups in total. The molecule has 40 heavy (non-hydrogen) atoms. The third kappa shape index (κ3) is 5.16. The number of hydrogen-bond donors (Lipinski definition) is 1. The minimum atomic E-state index is -0.165. The molecule has 0 saturated carbocycles. The predicted octanol–water partition coefficient (Wildman–Crippen LogP) is 2.92. The van der Waals surface area contributed by atoms with Crippen molar-refractivity contribution in [2.24, 2.45) is 7.05 Å². The van der Waals surface area contributed by atoms with E-state index in [9.17, 15) is 9.59 Å². The Hall–Kier alpha value is -4.97. The van der Waals surface area contributed by atoms with Crippen LogP contribution in [-0.2, 0) is 11.8 Å². The van der Waals surface area contributed by atoms with Gasteiger partial charge in [-0.05, 0) is 41.1 Å². The molecule has 1 aliphatic heterocycles. The van der Waals surface area contributed by atoms with E-state index in [0.717, 1.165) is 5.56 Å². The van der Waals surface area contributed by atoms with E-state index in [2.05, 4.69) is 47.7 Å². The Morgan fingerprint density at radius 2 is 1.80 bits per heavy atom. The van der Waals surface area contributed by atoms with Crippen molar-refractivity contribution in [1.29, 1.82) is 0 Å². The predicted molar refractivity (Wildman–Crippen MR) is 146 cm³/mol. The number of aryl methyl sites for hydroxylation is 1. The number of rotatable bonds is 6. The summed E-state index contributed by atoms with van der Waals surface area (Å²) in [5.74, 6) is 0.686. The summed E-state index contributed by atoms with van der Waals surface area (Å²) in [6.07, 6.45) is 1.58. The number of carbonyl (C=O) groups excluding carboxylic acids is 2. The topological polar surface area (TPSA) is 135 Å². The number of tetrazole rings is 1. The van der Waals surface area contributed by atoms with Crippen LogP contribution in [0.25, 0.3) is 22.6 Å². The van der Waals surface area contributed by atoms with Crippen LogP contribution in [0.15, 0.2) is 71.3 Å². The first-order chi connectivity index (χ1) is 19.4. The van der Waals surface area contributed by atoms with Crippen molar-refractivity contribution < 1.29 is 14.0 Å². The molecule has 0 unspecified atom stereocenters. The Morgan fingerprint density at radius 3 is 2.52 bits per heavy atom. The summed E-state index contributed by atoms with van der Waals surface area (Å²) in [6, 6.07) is 18.6. The van der Waals surface area contributed by atoms with Gasteiger partial charge in [-0.1, -0.05) is 30.3 Å². The lowest BCUT2D eigenvalue weighted by Crippen LogP contribution is -2.50. The Balaban J connectivity index is 1.18. The monoisotopic (exact) mass is 537 g/mol. The van der Waals surface area contributed by atoms with Crippen molar-refractivity contribution in [3.8, 4) is 11.5 Å². The average Bonchev–Trinajstić information content (AvgIpc) is 3.59. The number of oxazole rings is 1. The van der Waals surface area contributed by atoms with Crippen molar-refractivity contribution in [3.05, 3.63) is 83.9 Å². The number of amides is 2. The molecular weight excluding hydrogens is 510 g/mol. The van der Waals surface area contributed by atoms with Crippen molar-refractivity contribution in [2.75, 3.05) is 31.5 Å². The summed E-state index contributed by atoms with van der Waals surface area (Å²) < 4.78 is 5.92. The SMILES string of the molecule is CC(=O)Nc1ccc2oc(-c3ccnc(C(=O)N4CCN([C@H](c5ccccc5)c5nnn(C)n5)CC4)c3)nc2c1. The second kappa shape index (κ2) is 10.7. The lowest BCUT2D eigenvalue weighted by molar-refractivity contribution is -0.114. The first kappa shape index (κ1) is 25.3. The van der Waals surface area contributed by atoms with Crippen LogP contribution >= 0.6 is 0 Å². The third-order valence-corrected chi connectivity index (χ3v) is 6.78. The quantitative estimate of drug-likeness (QED) is 0.347. The standard InChI is InChI=1S/C28H27N9O3/c1-18(38)30-21-8-9-24-22(17-21)31-27(40-24)20-10-11-29-23(16-20)28(39)37-14-12-36(13-15-37)25(19-6-4-3-5-7-19)26-32-34-35(2)33-26/h3-11,16-17,25H,12-15H2,1-2H3,(H,30,38)/t25-/m1/s1. The van der Waals surface area contributed by atoms with E-state index in [0.29, 0.717) is 65.9 Å². The lowest BCUT2D eigenvalue weighted by atomic mass is 10.0. The number of aromatic nitrogens is 6. The highest BCUT2D eigenvalue weighted by atomic mass is 16.3. The molecule has 5 aromatic rings. The summed E-state index contributed by atoms with van der Waals surface area (Å²) >= 11 is 0. The van der Waals surface area contributed by atoms with Crippen LogP contribution in [0.3, 0.4) is 0 Å². The number of benzene rings is 2. The summed E-state index contributed by atoms with van der Waals surface area (Å²) in [6.45, 7) is 3.80. The van der Waals surface area contributed by atoms with Gasteiger partial charge in [-0.2, -0.15) is 4.80 Å². The van der Waals surface area contributed by atoms with Gasteiger partial charge in [0.2, 0.25) is 11.8 Å². The van der Waals surface area contributed by atoms with Crippen molar-refractivity contribution in [1.82, 2.24) is 40.0 Å². The number of anilines is 1. The van der Waals surface area contributed by atoms with Crippen LogP contribution in [0.4, 0.5) is 5.69 Å². The molecule has 4 heterocycles. The zero-order valence-corrected chi connectivity index (χ0v) is 22.1. The molecule has 1 saturated heterocycles. The molecule has 12 heteroatoms. The minimum absolute atomic E-state index is 0.153. The van der Waals surface area contributed by atoms with E-state index in [-0.39, 0.29) is 17.9 Å². The Kier molecular flexibility index (Phi) is 6.74. The highest BCUT2D eigenvalue weighted by Gasteiger charge is 2.31. The molecule has 0 bridgehead atoms. The number of piperazine rings is 1. The van der Waals surface area contributed by atoms with Gasteiger partial charge in [0.25, 0.3) is 5.91 Å². The fourth-order valence-corrected chi connectivity index (χ4v) is 4.92. The highest BCUT2D eigenvalue weighted by Crippen LogP contribution is 2.29. The van der Waals surface area contributed by atoms with Crippen molar-refractivity contribution in [2.45, 2.75) is 13.0 Å². The van der Waals surface area contributed by atoms with Crippen molar-refractivity contribution in [3.63, 3.8) is 0 Å². The summed E-state index contributed by atoms with van der Waals surface area (Å²) in [4.78, 5) is 39.3. The highest BCUT2D eigenvalue weighted by molar-refractivity contribution is 5.94. The van der Waals surface area contributed by atoms with E-state index < -0.39 is 0 Å². The Morgan fingerprint density at radius 1 is 1.00 bits per heavy atom. The van der Waals surface area contributed by atoms with Crippen LogP contribution in [0.1, 0.15) is 34.8 Å². The van der Waals surface area contributed by atoms with Gasteiger partial charge < -0.3 is 14.6 Å². The van der Waals surface area contributed by atoms with Crippen LogP contribution in [-0.4, -0.2) is 78.0 Å². The molecule has 3 aromatic heterocycles. The fourth-order valence-electron chi connectivity index (χ4n) is 4.92. The molecule has 2 aromatic carbocycles. The zero-order chi connectivity index (χ0) is 27.6. The second-order valence-corrected chi connectivity index (χ2v) is 9.59. The smallest absolute Gasteiger partial charge is 0.272 e. The van der Waals surface area contributed by atoms with E-state index in [1.807, 2.05) is 18.2 Å². The van der Waals surface area contributed by atoms with Crippen LogP contribution in [0, 0.1) is 0 Å². The fraction of sp³-hybridized carbons (Fsp3) is 0.250. The molecule has 0 radical (unpaired) electrons. The van der Waals surface area contributed by atoms with E-state index in [1.54, 1.807) is 48.5 Å². The molecule has 1 atom stereocenters. The number of fused-ring (bicyclic) bond motifs is 1. The summed E-state index contributed by atoms with van der Waals surface area (Å²) in [5, 5.41) is 15.5. The number of hydrogen-bond acceptors (Lipinski definition) is 9. The van der Waals surface area contributed by atoms with Gasteiger partial charge >= 0.3 is 0 Å². The Bertz CT molecular complexity index is 1670. The number of nitrogens with zero attached hydrogens (tertiary/aromatic N) is 8. The normalized spacial score (nSPS) is 14.8. The minimum Gasteiger partial charge on any atom is -0.436 e. The third-order valence-electron chi connectivity index (χ3n) is 6.78. The molecule has 0 aliphatic carbocycles. The molecular formula is C28H27N9O3. The van der Waals surface area contributed by atoms with Crippen LogP contribution in [0.5, 0.6) is 0 Å². The molecule has 12 nitrogen and oxygen atoms in total. The van der Waals surface area contributed by atoms with E-state index in [1.165, 1.54) is 11.7 Å². The first-order valence-electron chi connectivity index (χ1n) is 12.9. The molecule has 6 rings (SSSR count). The first-order valence-corrected chi connectivity index (χ1v) is 12.9. The Labute approximate surface area is 229 Å². The summed E-state index contributed by atoms with van der Waals surface area (Å²) in [7, 11) is 1.75. The van der Waals surface area contributed by atoms with Gasteiger partial charge in [-0.3, -0.25) is 19.5 Å². The number of pyridine rings is 1. The molecule has 0 spiro atoms. The molecule has 1 fully saturated rings. The largest absolute Gasteiger partial charge is 0.436 e. The van der Waals surface area contributed by atoms with Gasteiger partial charge in [-0.15, -0.1) is 10.2 Å². The average molecular weight is 538 g/mol. The van der Waals surface area contributed by atoms with Gasteiger partial charge in [0.15, 0.2) is 11.4 Å². The van der Waals surface area contributed by atoms with Gasteiger partial charge in [0, 0.05) is 50.6 Å². The van der Waals surface area contributed by atoms with E-state index in [4.69, 9.17) is 4.42 Å². The lowest BCUT2D eigenvalue weighted by Gasteiger charge is -2.38. The molecule has 202 valence electrons. The maximum atomic E-state index is 13.4. The van der Waals surface area contributed by atoms with Gasteiger partial charge in [0.1, 0.15) is 11.2 Å². The zero-order valence-electron chi connectivity index (χ0n) is 22.1. The number of carbonyl (C=O) groups is 2. The van der Waals surface area contributed by atoms with E-state index >= 15 is 0 Å². The summed E-state index contributed by atoms with van der Waals surface area (Å²) in [5.41, 5.74) is 3.86. The number of nitrogens with one attached hydrogen (secondary N) is 1. The second-order valence-electron chi connectivity index (χ2n) is 9.59. The maximum absolute atomic E-state index is 13.4. The van der Waals surface area contributed by atoms with Gasteiger partial charge in [0.05, 0.1) is 13.1 Å².